The van der Waals surface area contributed by atoms with Crippen molar-refractivity contribution < 1.29 is 19.4 Å². The van der Waals surface area contributed by atoms with Gasteiger partial charge in [-0.15, -0.1) is 0 Å². The molecule has 1 N–H and O–H groups in total. The Bertz CT molecular complexity index is 433. The van der Waals surface area contributed by atoms with E-state index in [0.29, 0.717) is 18.3 Å². The van der Waals surface area contributed by atoms with Crippen LogP contribution in [0.1, 0.15) is 12.0 Å². The van der Waals surface area contributed by atoms with Crippen LogP contribution in [0.15, 0.2) is 30.3 Å². The molecule has 0 amide bonds. The maximum Gasteiger partial charge on any atom is 0.328 e. The number of benzene rings is 1. The molecule has 0 spiro atoms. The summed E-state index contributed by atoms with van der Waals surface area (Å²) in [6.45, 7) is 2.15. The predicted octanol–water partition coefficient (Wildman–Crippen LogP) is 2.20. The van der Waals surface area contributed by atoms with E-state index >= 15 is 0 Å². The van der Waals surface area contributed by atoms with Gasteiger partial charge in [-0.05, 0) is 18.6 Å². The highest BCUT2D eigenvalue weighted by Crippen LogP contribution is 2.21. The lowest BCUT2D eigenvalue weighted by Gasteiger charge is -2.12. The second kappa shape index (κ2) is 6.21. The van der Waals surface area contributed by atoms with Gasteiger partial charge in [0.15, 0.2) is 0 Å². The van der Waals surface area contributed by atoms with Crippen molar-refractivity contribution >= 4 is 12.0 Å². The number of aliphatic carboxylic acids is 1. The van der Waals surface area contributed by atoms with Gasteiger partial charge in [0.2, 0.25) is 0 Å². The monoisotopic (exact) mass is 248 g/mol. The van der Waals surface area contributed by atoms with Crippen molar-refractivity contribution in [2.24, 2.45) is 5.92 Å². The Morgan fingerprint density at radius 2 is 2.33 bits per heavy atom. The molecule has 1 fully saturated rings. The molecule has 4 nitrogen and oxygen atoms in total. The van der Waals surface area contributed by atoms with Crippen LogP contribution in [0.2, 0.25) is 0 Å². The topological polar surface area (TPSA) is 55.8 Å². The number of ether oxygens (including phenoxy) is 2. The normalized spacial score (nSPS) is 19.2. The van der Waals surface area contributed by atoms with Crippen LogP contribution in [-0.4, -0.2) is 30.9 Å². The molecule has 1 aliphatic heterocycles. The van der Waals surface area contributed by atoms with Crippen molar-refractivity contribution in [3.05, 3.63) is 35.9 Å². The fourth-order valence-electron chi connectivity index (χ4n) is 1.83. The third-order valence-corrected chi connectivity index (χ3v) is 2.82. The van der Waals surface area contributed by atoms with Gasteiger partial charge >= 0.3 is 5.97 Å². The van der Waals surface area contributed by atoms with Crippen molar-refractivity contribution in [3.63, 3.8) is 0 Å². The molecule has 1 atom stereocenters. The van der Waals surface area contributed by atoms with Gasteiger partial charge in [-0.25, -0.2) is 4.79 Å². The van der Waals surface area contributed by atoms with E-state index in [9.17, 15) is 4.79 Å². The number of carboxylic acids is 1. The molecule has 0 bridgehead atoms. The number of hydrogen-bond acceptors (Lipinski definition) is 3. The van der Waals surface area contributed by atoms with E-state index in [0.717, 1.165) is 31.3 Å². The molecule has 1 unspecified atom stereocenters. The van der Waals surface area contributed by atoms with Crippen molar-refractivity contribution in [3.8, 4) is 5.75 Å². The summed E-state index contributed by atoms with van der Waals surface area (Å²) in [4.78, 5) is 10.5. The van der Waals surface area contributed by atoms with Crippen LogP contribution < -0.4 is 4.74 Å². The minimum atomic E-state index is -0.964. The molecule has 1 heterocycles. The molecule has 1 saturated heterocycles. The minimum Gasteiger partial charge on any atom is -0.493 e. The SMILES string of the molecule is O=C(O)/C=C/c1ccccc1OCC1CCOC1. The van der Waals surface area contributed by atoms with Crippen LogP contribution in [0.25, 0.3) is 6.08 Å². The van der Waals surface area contributed by atoms with E-state index in [4.69, 9.17) is 14.6 Å². The number of para-hydroxylation sites is 1. The number of carbonyl (C=O) groups is 1. The molecule has 0 saturated carbocycles. The molecular formula is C14H16O4. The van der Waals surface area contributed by atoms with Gasteiger partial charge in [0, 0.05) is 24.2 Å². The van der Waals surface area contributed by atoms with Gasteiger partial charge in [-0.1, -0.05) is 18.2 Å². The van der Waals surface area contributed by atoms with Crippen LogP contribution >= 0.6 is 0 Å². The average molecular weight is 248 g/mol. The Morgan fingerprint density at radius 1 is 1.50 bits per heavy atom. The second-order valence-electron chi connectivity index (χ2n) is 4.25. The highest BCUT2D eigenvalue weighted by Gasteiger charge is 2.16. The Hall–Kier alpha value is -1.81. The summed E-state index contributed by atoms with van der Waals surface area (Å²) < 4.78 is 11.0. The van der Waals surface area contributed by atoms with Crippen LogP contribution in [0.4, 0.5) is 0 Å². The second-order valence-corrected chi connectivity index (χ2v) is 4.25. The summed E-state index contributed by atoms with van der Waals surface area (Å²) >= 11 is 0. The van der Waals surface area contributed by atoms with Crippen LogP contribution in [0.3, 0.4) is 0 Å². The first-order valence-corrected chi connectivity index (χ1v) is 5.96. The lowest BCUT2D eigenvalue weighted by Crippen LogP contribution is -2.12. The molecule has 96 valence electrons. The van der Waals surface area contributed by atoms with E-state index in [1.54, 1.807) is 6.08 Å². The van der Waals surface area contributed by atoms with E-state index in [2.05, 4.69) is 0 Å². The van der Waals surface area contributed by atoms with E-state index in [1.165, 1.54) is 0 Å². The van der Waals surface area contributed by atoms with Crippen molar-refractivity contribution in [1.29, 1.82) is 0 Å². The van der Waals surface area contributed by atoms with E-state index < -0.39 is 5.97 Å². The standard InChI is InChI=1S/C14H16O4/c15-14(16)6-5-12-3-1-2-4-13(12)18-10-11-7-8-17-9-11/h1-6,11H,7-10H2,(H,15,16)/b6-5+. The summed E-state index contributed by atoms with van der Waals surface area (Å²) in [5, 5.41) is 8.62. The fraction of sp³-hybridized carbons (Fsp3) is 0.357. The first-order valence-electron chi connectivity index (χ1n) is 5.96. The average Bonchev–Trinajstić information content (AvgIpc) is 2.88. The number of rotatable bonds is 5. The number of hydrogen-bond donors (Lipinski definition) is 1. The Kier molecular flexibility index (Phi) is 4.36. The van der Waals surface area contributed by atoms with Gasteiger partial charge in [0.25, 0.3) is 0 Å². The van der Waals surface area contributed by atoms with Crippen molar-refractivity contribution in [2.75, 3.05) is 19.8 Å². The van der Waals surface area contributed by atoms with Crippen LogP contribution in [0.5, 0.6) is 5.75 Å². The van der Waals surface area contributed by atoms with E-state index in [-0.39, 0.29) is 0 Å². The summed E-state index contributed by atoms with van der Waals surface area (Å²) in [5.41, 5.74) is 0.777. The van der Waals surface area contributed by atoms with Crippen molar-refractivity contribution in [1.82, 2.24) is 0 Å². The van der Waals surface area contributed by atoms with Crippen LogP contribution in [0, 0.1) is 5.92 Å². The zero-order valence-corrected chi connectivity index (χ0v) is 10.0. The molecule has 1 aliphatic rings. The summed E-state index contributed by atoms with van der Waals surface area (Å²) in [6.07, 6.45) is 3.68. The van der Waals surface area contributed by atoms with Crippen molar-refractivity contribution in [2.45, 2.75) is 6.42 Å². The lowest BCUT2D eigenvalue weighted by molar-refractivity contribution is -0.131. The number of carboxylic acid groups (broad SMARTS) is 1. The quantitative estimate of drug-likeness (QED) is 0.812. The Labute approximate surface area is 106 Å². The first-order chi connectivity index (χ1) is 8.75. The molecule has 0 aliphatic carbocycles. The van der Waals surface area contributed by atoms with Gasteiger partial charge in [-0.2, -0.15) is 0 Å². The first kappa shape index (κ1) is 12.6. The highest BCUT2D eigenvalue weighted by molar-refractivity contribution is 5.85. The van der Waals surface area contributed by atoms with E-state index in [1.807, 2.05) is 24.3 Å². The zero-order chi connectivity index (χ0) is 12.8. The molecule has 2 rings (SSSR count). The molecule has 0 aromatic heterocycles. The summed E-state index contributed by atoms with van der Waals surface area (Å²) in [5.74, 6) is 0.178. The summed E-state index contributed by atoms with van der Waals surface area (Å²) in [7, 11) is 0. The van der Waals surface area contributed by atoms with Gasteiger partial charge in [0.1, 0.15) is 5.75 Å². The zero-order valence-electron chi connectivity index (χ0n) is 10.0. The molecule has 1 aromatic carbocycles. The van der Waals surface area contributed by atoms with Gasteiger partial charge in [0.05, 0.1) is 13.2 Å². The van der Waals surface area contributed by atoms with Crippen LogP contribution in [-0.2, 0) is 9.53 Å². The fourth-order valence-corrected chi connectivity index (χ4v) is 1.83. The third-order valence-electron chi connectivity index (χ3n) is 2.82. The smallest absolute Gasteiger partial charge is 0.328 e. The highest BCUT2D eigenvalue weighted by atomic mass is 16.5. The maximum absolute atomic E-state index is 10.5. The Morgan fingerprint density at radius 3 is 3.06 bits per heavy atom. The van der Waals surface area contributed by atoms with Gasteiger partial charge < -0.3 is 14.6 Å². The third kappa shape index (κ3) is 3.60. The molecular weight excluding hydrogens is 232 g/mol. The molecule has 0 radical (unpaired) electrons. The molecule has 18 heavy (non-hydrogen) atoms. The largest absolute Gasteiger partial charge is 0.493 e. The summed E-state index contributed by atoms with van der Waals surface area (Å²) in [6, 6.07) is 7.41. The maximum atomic E-state index is 10.5. The lowest BCUT2D eigenvalue weighted by atomic mass is 10.1. The Balaban J connectivity index is 2.00. The predicted molar refractivity (Wildman–Crippen MR) is 67.5 cm³/mol. The minimum absolute atomic E-state index is 0.432. The molecule has 4 heteroatoms. The molecule has 1 aromatic rings. The van der Waals surface area contributed by atoms with Gasteiger partial charge in [-0.3, -0.25) is 0 Å².